The lowest BCUT2D eigenvalue weighted by molar-refractivity contribution is 0.419. The van der Waals surface area contributed by atoms with Crippen LogP contribution in [0.25, 0.3) is 0 Å². The van der Waals surface area contributed by atoms with E-state index in [1.54, 1.807) is 0 Å². The summed E-state index contributed by atoms with van der Waals surface area (Å²) in [6.45, 7) is 0. The van der Waals surface area contributed by atoms with Crippen molar-refractivity contribution in [3.63, 3.8) is 0 Å². The summed E-state index contributed by atoms with van der Waals surface area (Å²) in [4.78, 5) is -3.82. The molecule has 27 heavy (non-hydrogen) atoms. The molecule has 0 radical (unpaired) electrons. The number of hydrogen-bond donors (Lipinski definition) is 2. The van der Waals surface area contributed by atoms with Gasteiger partial charge in [0.15, 0.2) is 28.2 Å². The fourth-order valence-electron chi connectivity index (χ4n) is 1.81. The predicted molar refractivity (Wildman–Crippen MR) is 80.0 cm³/mol. The van der Waals surface area contributed by atoms with E-state index >= 15 is 0 Å². The first-order valence-electron chi connectivity index (χ1n) is 6.36. The number of benzene rings is 2. The Morgan fingerprint density at radius 1 is 0.704 bits per heavy atom. The monoisotopic (exact) mass is 449 g/mol. The topological polar surface area (TPSA) is 135 Å². The van der Waals surface area contributed by atoms with E-state index in [-0.39, 0.29) is 6.07 Å². The van der Waals surface area contributed by atoms with Crippen molar-refractivity contribution >= 4 is 30.2 Å². The van der Waals surface area contributed by atoms with Crippen LogP contribution in [0.2, 0.25) is 0 Å². The van der Waals surface area contributed by atoms with E-state index in [0.29, 0.717) is 24.3 Å². The van der Waals surface area contributed by atoms with Crippen LogP contribution in [0.4, 0.5) is 17.6 Å². The molecule has 0 aliphatic heterocycles. The highest BCUT2D eigenvalue weighted by molar-refractivity contribution is 8.04. The predicted octanol–water partition coefficient (Wildman–Crippen LogP) is 1.16. The van der Waals surface area contributed by atoms with Crippen molar-refractivity contribution in [1.29, 1.82) is 0 Å². The summed E-state index contributed by atoms with van der Waals surface area (Å²) in [5.41, 5.74) is 0. The van der Waals surface area contributed by atoms with Crippen LogP contribution >= 0.6 is 0 Å². The van der Waals surface area contributed by atoms with Crippen molar-refractivity contribution in [3.05, 3.63) is 53.6 Å². The Bertz CT molecular complexity index is 1200. The molecular weight excluding hydrogens is 442 g/mol. The van der Waals surface area contributed by atoms with Gasteiger partial charge in [-0.25, -0.2) is 34.4 Å². The van der Waals surface area contributed by atoms with Crippen LogP contribution in [0.1, 0.15) is 0 Å². The fraction of sp³-hybridized carbons (Fsp3) is 0. The third-order valence-corrected chi connectivity index (χ3v) is 7.40. The van der Waals surface area contributed by atoms with Gasteiger partial charge >= 0.3 is 0 Å². The first kappa shape index (κ1) is 21.2. The summed E-state index contributed by atoms with van der Waals surface area (Å²) in [5.74, 6) is -8.86. The smallest absolute Gasteiger partial charge is 0.282 e. The van der Waals surface area contributed by atoms with Crippen molar-refractivity contribution in [2.75, 3.05) is 0 Å². The first-order chi connectivity index (χ1) is 12.2. The maximum atomic E-state index is 13.6. The molecule has 2 rings (SSSR count). The summed E-state index contributed by atoms with van der Waals surface area (Å²) in [7, 11) is -15.4. The van der Waals surface area contributed by atoms with Gasteiger partial charge in [0, 0.05) is 6.07 Å². The lowest BCUT2D eigenvalue weighted by Gasteiger charge is -2.10. The zero-order valence-corrected chi connectivity index (χ0v) is 15.0. The van der Waals surface area contributed by atoms with Gasteiger partial charge < -0.3 is 0 Å². The second-order valence-electron chi connectivity index (χ2n) is 4.83. The number of hydrogen-bond acceptors (Lipinski definition) is 6. The van der Waals surface area contributed by atoms with Gasteiger partial charge in [-0.3, -0.25) is 4.55 Å². The molecule has 0 fully saturated rings. The van der Waals surface area contributed by atoms with Gasteiger partial charge in [-0.1, -0.05) is 0 Å². The molecule has 0 aliphatic rings. The number of sulfonamides is 2. The normalized spacial score (nSPS) is 12.9. The molecule has 0 spiro atoms. The summed E-state index contributed by atoms with van der Waals surface area (Å²) in [6.07, 6.45) is 0. The average molecular weight is 449 g/mol. The molecule has 0 heterocycles. The Labute approximate surface area is 150 Å². The Hall–Kier alpha value is -2.07. The molecule has 0 amide bonds. The van der Waals surface area contributed by atoms with E-state index in [9.17, 15) is 42.8 Å². The SMILES string of the molecule is O=S(=O)(O)c1ccc(S(=O)(=O)NS(=O)(=O)c2c(F)c(F)cc(F)c2F)cc1. The van der Waals surface area contributed by atoms with Crippen LogP contribution in [-0.4, -0.2) is 29.8 Å². The Balaban J connectivity index is 2.52. The van der Waals surface area contributed by atoms with E-state index < -0.39 is 68.1 Å². The Morgan fingerprint density at radius 2 is 1.11 bits per heavy atom. The highest BCUT2D eigenvalue weighted by atomic mass is 32.3. The largest absolute Gasteiger partial charge is 0.294 e. The number of nitrogens with one attached hydrogen (secondary N) is 1. The number of halogens is 4. The highest BCUT2D eigenvalue weighted by Crippen LogP contribution is 2.25. The van der Waals surface area contributed by atoms with Crippen LogP contribution in [-0.2, 0) is 30.2 Å². The first-order valence-corrected chi connectivity index (χ1v) is 10.8. The number of rotatable bonds is 5. The molecule has 0 aliphatic carbocycles. The molecule has 2 aromatic carbocycles. The minimum atomic E-state index is -5.65. The standard InChI is InChI=1S/C12H7F4NO7S3/c13-8-5-9(14)11(16)12(10(8)15)26(20,21)17-25(18,19)6-1-3-7(4-2-6)27(22,23)24/h1-5,17H,(H,22,23,24). The molecule has 0 saturated carbocycles. The summed E-state index contributed by atoms with van der Waals surface area (Å²) >= 11 is 0. The van der Waals surface area contributed by atoms with Gasteiger partial charge in [-0.05, 0) is 24.3 Å². The Kier molecular flexibility index (Phi) is 5.37. The third kappa shape index (κ3) is 4.27. The summed E-state index contributed by atoms with van der Waals surface area (Å²) in [6, 6.07) is 2.03. The molecule has 0 aromatic heterocycles. The van der Waals surface area contributed by atoms with Crippen molar-refractivity contribution in [2.24, 2.45) is 0 Å². The molecule has 2 N–H and O–H groups in total. The lowest BCUT2D eigenvalue weighted by Crippen LogP contribution is -2.32. The van der Waals surface area contributed by atoms with Gasteiger partial charge in [0.2, 0.25) is 0 Å². The van der Waals surface area contributed by atoms with Gasteiger partial charge in [0.05, 0.1) is 9.79 Å². The zero-order valence-electron chi connectivity index (χ0n) is 12.5. The van der Waals surface area contributed by atoms with Gasteiger partial charge in [-0.2, -0.15) is 8.42 Å². The minimum Gasteiger partial charge on any atom is -0.282 e. The molecule has 15 heteroatoms. The summed E-state index contributed by atoms with van der Waals surface area (Å²) in [5, 5.41) is 0. The quantitative estimate of drug-likeness (QED) is 0.397. The Morgan fingerprint density at radius 3 is 1.52 bits per heavy atom. The molecule has 148 valence electrons. The minimum absolute atomic E-state index is 0.272. The average Bonchev–Trinajstić information content (AvgIpc) is 2.51. The maximum absolute atomic E-state index is 13.6. The van der Waals surface area contributed by atoms with Crippen LogP contribution in [0.3, 0.4) is 0 Å². The van der Waals surface area contributed by atoms with E-state index in [2.05, 4.69) is 0 Å². The second-order valence-corrected chi connectivity index (χ2v) is 9.82. The zero-order chi connectivity index (χ0) is 20.8. The van der Waals surface area contributed by atoms with E-state index in [0.717, 1.165) is 4.13 Å². The van der Waals surface area contributed by atoms with Crippen molar-refractivity contribution in [2.45, 2.75) is 14.7 Å². The third-order valence-electron chi connectivity index (χ3n) is 2.99. The molecule has 2 aromatic rings. The second kappa shape index (κ2) is 6.83. The molecule has 0 bridgehead atoms. The van der Waals surface area contributed by atoms with Crippen LogP contribution in [0.15, 0.2) is 45.0 Å². The van der Waals surface area contributed by atoms with Gasteiger partial charge in [0.1, 0.15) is 0 Å². The molecule has 8 nitrogen and oxygen atoms in total. The molecular formula is C12H7F4NO7S3. The maximum Gasteiger partial charge on any atom is 0.294 e. The van der Waals surface area contributed by atoms with Crippen LogP contribution in [0, 0.1) is 23.3 Å². The molecule has 0 saturated heterocycles. The van der Waals surface area contributed by atoms with Gasteiger partial charge in [-0.15, -0.1) is 4.13 Å². The van der Waals surface area contributed by atoms with E-state index in [4.69, 9.17) is 4.55 Å². The van der Waals surface area contributed by atoms with E-state index in [1.165, 1.54) is 0 Å². The van der Waals surface area contributed by atoms with Crippen LogP contribution in [0.5, 0.6) is 0 Å². The van der Waals surface area contributed by atoms with Crippen LogP contribution < -0.4 is 4.13 Å². The summed E-state index contributed by atoms with van der Waals surface area (Å²) < 4.78 is 133. The van der Waals surface area contributed by atoms with Gasteiger partial charge in [0.25, 0.3) is 30.2 Å². The molecule has 0 unspecified atom stereocenters. The van der Waals surface area contributed by atoms with E-state index in [1.807, 2.05) is 0 Å². The van der Waals surface area contributed by atoms with Crippen molar-refractivity contribution < 1.29 is 47.4 Å². The highest BCUT2D eigenvalue weighted by Gasteiger charge is 2.33. The molecule has 0 atom stereocenters. The lowest BCUT2D eigenvalue weighted by atomic mass is 10.3. The van der Waals surface area contributed by atoms with Crippen molar-refractivity contribution in [1.82, 2.24) is 4.13 Å². The van der Waals surface area contributed by atoms with Crippen molar-refractivity contribution in [3.8, 4) is 0 Å². The fourth-order valence-corrected chi connectivity index (χ4v) is 5.33.